The number of nitrogens with zero attached hydrogens (tertiary/aromatic N) is 2. The Balaban J connectivity index is 2.31. The zero-order valence-corrected chi connectivity index (χ0v) is 18.8. The van der Waals surface area contributed by atoms with Gasteiger partial charge in [0, 0.05) is 38.0 Å². The van der Waals surface area contributed by atoms with E-state index in [2.05, 4.69) is 11.9 Å². The molecule has 1 saturated heterocycles. The summed E-state index contributed by atoms with van der Waals surface area (Å²) in [5.74, 6) is 6.62. The molecule has 10 heteroatoms. The Morgan fingerprint density at radius 3 is 2.74 bits per heavy atom. The number of hydrogen-bond donors (Lipinski definition) is 3. The number of carbonyl (C=O) groups is 1. The van der Waals surface area contributed by atoms with Crippen molar-refractivity contribution in [3.63, 3.8) is 0 Å². The van der Waals surface area contributed by atoms with Crippen molar-refractivity contribution in [2.45, 2.75) is 32.2 Å². The third-order valence-electron chi connectivity index (χ3n) is 5.35. The number of alkyl halides is 3. The van der Waals surface area contributed by atoms with Gasteiger partial charge < -0.3 is 25.7 Å². The highest BCUT2D eigenvalue weighted by Gasteiger charge is 2.33. The van der Waals surface area contributed by atoms with Crippen LogP contribution in [0.2, 0.25) is 0 Å². The van der Waals surface area contributed by atoms with Gasteiger partial charge in [-0.25, -0.2) is 14.6 Å². The minimum absolute atomic E-state index is 0.113. The van der Waals surface area contributed by atoms with Crippen LogP contribution in [0.5, 0.6) is 0 Å². The number of ether oxygens (including phenoxy) is 1. The van der Waals surface area contributed by atoms with Gasteiger partial charge >= 0.3 is 0 Å². The van der Waals surface area contributed by atoms with E-state index in [1.54, 1.807) is 12.2 Å². The van der Waals surface area contributed by atoms with E-state index in [-0.39, 0.29) is 30.1 Å². The van der Waals surface area contributed by atoms with Crippen LogP contribution in [0.25, 0.3) is 0 Å². The molecule has 174 valence electrons. The molecule has 2 rings (SSSR count). The first-order valence-electron chi connectivity index (χ1n) is 10.2. The van der Waals surface area contributed by atoms with Crippen molar-refractivity contribution >= 4 is 17.5 Å². The van der Waals surface area contributed by atoms with Crippen molar-refractivity contribution in [1.29, 1.82) is 0 Å². The van der Waals surface area contributed by atoms with Crippen LogP contribution in [-0.2, 0) is 9.53 Å². The minimum Gasteiger partial charge on any atom is -0.487 e. The van der Waals surface area contributed by atoms with E-state index in [9.17, 15) is 13.6 Å². The van der Waals surface area contributed by atoms with Crippen LogP contribution in [0.15, 0.2) is 47.0 Å². The predicted octanol–water partition coefficient (Wildman–Crippen LogP) is 2.08. The van der Waals surface area contributed by atoms with E-state index in [0.29, 0.717) is 44.2 Å². The standard InChI is InChI=1S/C21H32ClF2N5O2/c1-4-5-17(31-12-15(25)20(21(23)24)28(3)26)19-14(9-22)6-7-27-16(19)11-29-10-13(2)8-18(29)30/h4-5,13,16,21,27H,1,6-12,25-26H2,2-3H3/b17-5+,20-15-. The third-order valence-corrected chi connectivity index (χ3v) is 5.68. The molecule has 2 atom stereocenters. The molecule has 2 unspecified atom stereocenters. The quantitative estimate of drug-likeness (QED) is 0.152. The first-order chi connectivity index (χ1) is 14.7. The lowest BCUT2D eigenvalue weighted by molar-refractivity contribution is -0.127. The summed E-state index contributed by atoms with van der Waals surface area (Å²) in [6, 6.07) is -0.208. The largest absolute Gasteiger partial charge is 0.487 e. The summed E-state index contributed by atoms with van der Waals surface area (Å²) >= 11 is 6.22. The second-order valence-electron chi connectivity index (χ2n) is 7.89. The van der Waals surface area contributed by atoms with Gasteiger partial charge in [-0.1, -0.05) is 19.6 Å². The van der Waals surface area contributed by atoms with Gasteiger partial charge in [0.2, 0.25) is 5.91 Å². The van der Waals surface area contributed by atoms with E-state index in [1.807, 2.05) is 11.8 Å². The molecular weight excluding hydrogens is 428 g/mol. The van der Waals surface area contributed by atoms with Crippen LogP contribution >= 0.6 is 11.6 Å². The third kappa shape index (κ3) is 6.44. The van der Waals surface area contributed by atoms with Gasteiger partial charge in [-0.15, -0.1) is 11.6 Å². The second kappa shape index (κ2) is 11.5. The van der Waals surface area contributed by atoms with Crippen LogP contribution < -0.4 is 16.9 Å². The van der Waals surface area contributed by atoms with Crippen LogP contribution in [0.1, 0.15) is 19.8 Å². The molecule has 0 bridgehead atoms. The fourth-order valence-corrected chi connectivity index (χ4v) is 4.24. The summed E-state index contributed by atoms with van der Waals surface area (Å²) in [5, 5.41) is 4.21. The fourth-order valence-electron chi connectivity index (χ4n) is 3.96. The Bertz CT molecular complexity index is 757. The molecule has 7 nitrogen and oxygen atoms in total. The van der Waals surface area contributed by atoms with Crippen molar-refractivity contribution in [2.24, 2.45) is 17.5 Å². The Morgan fingerprint density at radius 1 is 1.52 bits per heavy atom. The molecule has 0 saturated carbocycles. The lowest BCUT2D eigenvalue weighted by Gasteiger charge is -2.33. The highest BCUT2D eigenvalue weighted by atomic mass is 35.5. The summed E-state index contributed by atoms with van der Waals surface area (Å²) < 4.78 is 32.4. The number of likely N-dealkylation sites (tertiary alicyclic amines) is 1. The molecule has 0 aromatic carbocycles. The number of hydrazine groups is 1. The molecule has 0 spiro atoms. The van der Waals surface area contributed by atoms with E-state index in [0.717, 1.165) is 16.2 Å². The highest BCUT2D eigenvalue weighted by molar-refractivity contribution is 6.19. The number of rotatable bonds is 10. The molecule has 0 aromatic rings. The van der Waals surface area contributed by atoms with Crippen LogP contribution in [0.3, 0.4) is 0 Å². The lowest BCUT2D eigenvalue weighted by Crippen LogP contribution is -2.46. The van der Waals surface area contributed by atoms with Crippen molar-refractivity contribution in [2.75, 3.05) is 39.2 Å². The summed E-state index contributed by atoms with van der Waals surface area (Å²) in [4.78, 5) is 14.1. The smallest absolute Gasteiger partial charge is 0.281 e. The molecule has 2 aliphatic rings. The molecule has 0 radical (unpaired) electrons. The first-order valence-corrected chi connectivity index (χ1v) is 10.7. The van der Waals surface area contributed by atoms with Crippen LogP contribution in [0, 0.1) is 5.92 Å². The first kappa shape index (κ1) is 25.2. The van der Waals surface area contributed by atoms with Gasteiger partial charge in [0.25, 0.3) is 6.43 Å². The summed E-state index contributed by atoms with van der Waals surface area (Å²) in [6.45, 7) is 7.36. The Hall–Kier alpha value is -2.10. The normalized spacial score (nSPS) is 23.4. The number of allylic oxidation sites excluding steroid dienone is 3. The molecule has 2 aliphatic heterocycles. The molecular formula is C21H32ClF2N5O2. The predicted molar refractivity (Wildman–Crippen MR) is 118 cm³/mol. The van der Waals surface area contributed by atoms with Gasteiger partial charge in [-0.2, -0.15) is 0 Å². The van der Waals surface area contributed by atoms with E-state index in [4.69, 9.17) is 27.9 Å². The van der Waals surface area contributed by atoms with Crippen molar-refractivity contribution in [3.05, 3.63) is 47.0 Å². The van der Waals surface area contributed by atoms with Crippen LogP contribution in [0.4, 0.5) is 8.78 Å². The Labute approximate surface area is 187 Å². The van der Waals surface area contributed by atoms with Crippen molar-refractivity contribution in [1.82, 2.24) is 15.2 Å². The molecule has 2 heterocycles. The number of amides is 1. The number of halogens is 3. The van der Waals surface area contributed by atoms with E-state index < -0.39 is 12.1 Å². The molecule has 1 amide bonds. The maximum atomic E-state index is 13.3. The molecule has 0 aliphatic carbocycles. The van der Waals surface area contributed by atoms with Crippen LogP contribution in [-0.4, -0.2) is 67.5 Å². The number of nitrogens with one attached hydrogen (secondary N) is 1. The van der Waals surface area contributed by atoms with E-state index in [1.165, 1.54) is 7.05 Å². The second-order valence-corrected chi connectivity index (χ2v) is 8.16. The average Bonchev–Trinajstić information content (AvgIpc) is 3.01. The number of hydrogen-bond acceptors (Lipinski definition) is 6. The number of nitrogens with two attached hydrogens (primary N) is 2. The fraction of sp³-hybridized carbons (Fsp3) is 0.571. The Kier molecular flexibility index (Phi) is 9.33. The molecule has 0 aromatic heterocycles. The summed E-state index contributed by atoms with van der Waals surface area (Å²) in [5.41, 5.74) is 6.95. The SMILES string of the molecule is C=C/C=C(/OC/C(N)=C(\C(F)F)N(C)N)C1=C(CCl)CCNC1CN1CC(C)CC1=O. The maximum absolute atomic E-state index is 13.3. The number of carbonyl (C=O) groups excluding carboxylic acids is 1. The van der Waals surface area contributed by atoms with Gasteiger partial charge in [-0.05, 0) is 30.5 Å². The van der Waals surface area contributed by atoms with Gasteiger partial charge in [-0.3, -0.25) is 4.79 Å². The van der Waals surface area contributed by atoms with Gasteiger partial charge in [0.05, 0.1) is 11.7 Å². The van der Waals surface area contributed by atoms with Crippen molar-refractivity contribution in [3.8, 4) is 0 Å². The lowest BCUT2D eigenvalue weighted by atomic mass is 9.92. The van der Waals surface area contributed by atoms with Crippen molar-refractivity contribution < 1.29 is 18.3 Å². The highest BCUT2D eigenvalue weighted by Crippen LogP contribution is 2.29. The zero-order chi connectivity index (χ0) is 23.1. The molecule has 1 fully saturated rings. The van der Waals surface area contributed by atoms with Gasteiger partial charge in [0.15, 0.2) is 0 Å². The average molecular weight is 460 g/mol. The summed E-state index contributed by atoms with van der Waals surface area (Å²) in [6.07, 6.45) is 1.60. The summed E-state index contributed by atoms with van der Waals surface area (Å²) in [7, 11) is 1.29. The topological polar surface area (TPSA) is 96.8 Å². The monoisotopic (exact) mass is 459 g/mol. The van der Waals surface area contributed by atoms with Gasteiger partial charge in [0.1, 0.15) is 18.1 Å². The zero-order valence-electron chi connectivity index (χ0n) is 18.0. The van der Waals surface area contributed by atoms with E-state index >= 15 is 0 Å². The molecule has 5 N–H and O–H groups in total. The molecule has 31 heavy (non-hydrogen) atoms. The Morgan fingerprint density at radius 2 is 2.23 bits per heavy atom. The minimum atomic E-state index is -2.84. The maximum Gasteiger partial charge on any atom is 0.281 e.